The van der Waals surface area contributed by atoms with Crippen LogP contribution in [0.15, 0.2) is 42.5 Å². The van der Waals surface area contributed by atoms with Crippen molar-refractivity contribution in [1.29, 1.82) is 0 Å². The number of benzene rings is 2. The molecule has 0 unspecified atom stereocenters. The first-order chi connectivity index (χ1) is 11.8. The van der Waals surface area contributed by atoms with E-state index in [0.29, 0.717) is 6.07 Å². The maximum Gasteiger partial charge on any atom is 0.272 e. The number of nitrogens with one attached hydrogen (secondary N) is 1. The first-order valence-corrected chi connectivity index (χ1v) is 7.06. The summed E-state index contributed by atoms with van der Waals surface area (Å²) < 4.78 is 26.4. The van der Waals surface area contributed by atoms with Crippen LogP contribution in [0, 0.1) is 21.7 Å². The summed E-state index contributed by atoms with van der Waals surface area (Å²) in [5, 5.41) is 13.2. The van der Waals surface area contributed by atoms with E-state index >= 15 is 0 Å². The van der Waals surface area contributed by atoms with Crippen molar-refractivity contribution in [2.45, 2.75) is 12.5 Å². The average molecular weight is 349 g/mol. The Morgan fingerprint density at radius 2 is 1.76 bits per heavy atom. The van der Waals surface area contributed by atoms with Crippen LogP contribution >= 0.6 is 0 Å². The SMILES string of the molecule is NC(=O)[C@H](Cc1ccccc1[N+](=O)[O-])NC(=O)c1cc(F)cc(F)c1. The summed E-state index contributed by atoms with van der Waals surface area (Å²) in [5.41, 5.74) is 4.83. The third-order valence-corrected chi connectivity index (χ3v) is 3.39. The molecule has 0 bridgehead atoms. The smallest absolute Gasteiger partial charge is 0.272 e. The van der Waals surface area contributed by atoms with Gasteiger partial charge in [0.05, 0.1) is 4.92 Å². The van der Waals surface area contributed by atoms with Gasteiger partial charge in [0.2, 0.25) is 5.91 Å². The first-order valence-electron chi connectivity index (χ1n) is 7.06. The highest BCUT2D eigenvalue weighted by molar-refractivity contribution is 5.97. The fraction of sp³-hybridized carbons (Fsp3) is 0.125. The van der Waals surface area contributed by atoms with Crippen molar-refractivity contribution in [2.24, 2.45) is 5.73 Å². The van der Waals surface area contributed by atoms with Crippen LogP contribution in [0.3, 0.4) is 0 Å². The molecule has 0 fully saturated rings. The maximum atomic E-state index is 13.2. The van der Waals surface area contributed by atoms with E-state index in [1.54, 1.807) is 0 Å². The van der Waals surface area contributed by atoms with E-state index in [0.717, 1.165) is 12.1 Å². The van der Waals surface area contributed by atoms with Gasteiger partial charge in [-0.05, 0) is 12.1 Å². The van der Waals surface area contributed by atoms with Gasteiger partial charge in [-0.3, -0.25) is 19.7 Å². The minimum Gasteiger partial charge on any atom is -0.368 e. The summed E-state index contributed by atoms with van der Waals surface area (Å²) in [7, 11) is 0. The molecule has 0 spiro atoms. The lowest BCUT2D eigenvalue weighted by atomic mass is 10.0. The predicted molar refractivity (Wildman–Crippen MR) is 83.6 cm³/mol. The van der Waals surface area contributed by atoms with Gasteiger partial charge in [0, 0.05) is 29.7 Å². The van der Waals surface area contributed by atoms with Crippen LogP contribution in [0.5, 0.6) is 0 Å². The normalized spacial score (nSPS) is 11.6. The molecule has 130 valence electrons. The van der Waals surface area contributed by atoms with Gasteiger partial charge >= 0.3 is 0 Å². The largest absolute Gasteiger partial charge is 0.368 e. The Balaban J connectivity index is 2.23. The number of nitrogens with zero attached hydrogens (tertiary/aromatic N) is 1. The lowest BCUT2D eigenvalue weighted by Crippen LogP contribution is -2.46. The van der Waals surface area contributed by atoms with Gasteiger partial charge in [0.1, 0.15) is 17.7 Å². The van der Waals surface area contributed by atoms with Crippen molar-refractivity contribution < 1.29 is 23.3 Å². The highest BCUT2D eigenvalue weighted by atomic mass is 19.1. The van der Waals surface area contributed by atoms with E-state index in [1.165, 1.54) is 24.3 Å². The lowest BCUT2D eigenvalue weighted by Gasteiger charge is -2.16. The number of hydrogen-bond donors (Lipinski definition) is 2. The van der Waals surface area contributed by atoms with Crippen LogP contribution in [0.25, 0.3) is 0 Å². The number of para-hydroxylation sites is 1. The summed E-state index contributed by atoms with van der Waals surface area (Å²) >= 11 is 0. The van der Waals surface area contributed by atoms with Crippen molar-refractivity contribution >= 4 is 17.5 Å². The Labute approximate surface area is 140 Å². The van der Waals surface area contributed by atoms with E-state index in [4.69, 9.17) is 5.73 Å². The molecular weight excluding hydrogens is 336 g/mol. The number of nitro benzene ring substituents is 1. The molecule has 0 aliphatic rings. The molecule has 2 aromatic carbocycles. The fourth-order valence-corrected chi connectivity index (χ4v) is 2.23. The van der Waals surface area contributed by atoms with Gasteiger partial charge in [-0.2, -0.15) is 0 Å². The number of nitrogens with two attached hydrogens (primary N) is 1. The van der Waals surface area contributed by atoms with Crippen LogP contribution in [-0.4, -0.2) is 22.8 Å². The zero-order valence-corrected chi connectivity index (χ0v) is 12.7. The third kappa shape index (κ3) is 4.56. The molecule has 2 aromatic rings. The van der Waals surface area contributed by atoms with Crippen LogP contribution in [0.2, 0.25) is 0 Å². The van der Waals surface area contributed by atoms with Crippen molar-refractivity contribution in [2.75, 3.05) is 0 Å². The molecule has 7 nitrogen and oxygen atoms in total. The number of nitro groups is 1. The summed E-state index contributed by atoms with van der Waals surface area (Å²) in [6.07, 6.45) is -0.240. The summed E-state index contributed by atoms with van der Waals surface area (Å²) in [6, 6.07) is 6.54. The lowest BCUT2D eigenvalue weighted by molar-refractivity contribution is -0.385. The molecule has 0 aliphatic carbocycles. The molecule has 3 N–H and O–H groups in total. The van der Waals surface area contributed by atoms with Crippen LogP contribution < -0.4 is 11.1 Å². The Bertz CT molecular complexity index is 822. The quantitative estimate of drug-likeness (QED) is 0.610. The standard InChI is InChI=1S/C16H13F2N3O4/c17-11-5-10(6-12(18)8-11)16(23)20-13(15(19)22)7-9-3-1-2-4-14(9)21(24)25/h1-6,8,13H,7H2,(H2,19,22)(H,20,23)/t13-/m0/s1. The van der Waals surface area contributed by atoms with Gasteiger partial charge in [0.25, 0.3) is 11.6 Å². The third-order valence-electron chi connectivity index (χ3n) is 3.39. The van der Waals surface area contributed by atoms with Crippen molar-refractivity contribution in [1.82, 2.24) is 5.32 Å². The van der Waals surface area contributed by atoms with E-state index in [2.05, 4.69) is 5.32 Å². The number of amides is 2. The first kappa shape index (κ1) is 18.0. The molecular formula is C16H13F2N3O4. The summed E-state index contributed by atoms with van der Waals surface area (Å²) in [5.74, 6) is -3.79. The molecule has 2 rings (SSSR count). The van der Waals surface area contributed by atoms with Crippen LogP contribution in [0.4, 0.5) is 14.5 Å². The van der Waals surface area contributed by atoms with Crippen molar-refractivity contribution in [3.8, 4) is 0 Å². The molecule has 0 aliphatic heterocycles. The molecule has 1 atom stereocenters. The molecule has 2 amide bonds. The second-order valence-electron chi connectivity index (χ2n) is 5.18. The highest BCUT2D eigenvalue weighted by Crippen LogP contribution is 2.19. The predicted octanol–water partition coefficient (Wildman–Crippen LogP) is 1.70. The minimum absolute atomic E-state index is 0.182. The van der Waals surface area contributed by atoms with E-state index in [1.807, 2.05) is 0 Å². The molecule has 0 radical (unpaired) electrons. The van der Waals surface area contributed by atoms with E-state index < -0.39 is 34.4 Å². The number of carbonyl (C=O) groups is 2. The molecule has 25 heavy (non-hydrogen) atoms. The van der Waals surface area contributed by atoms with E-state index in [9.17, 15) is 28.5 Å². The second-order valence-corrected chi connectivity index (χ2v) is 5.18. The topological polar surface area (TPSA) is 115 Å². The monoisotopic (exact) mass is 349 g/mol. The number of halogens is 2. The summed E-state index contributed by atoms with van der Waals surface area (Å²) in [4.78, 5) is 34.0. The Kier molecular flexibility index (Phi) is 5.38. The average Bonchev–Trinajstić information content (AvgIpc) is 2.53. The van der Waals surface area contributed by atoms with Gasteiger partial charge in [-0.25, -0.2) is 8.78 Å². The molecule has 9 heteroatoms. The zero-order valence-electron chi connectivity index (χ0n) is 12.7. The zero-order chi connectivity index (χ0) is 18.6. The Hall–Kier alpha value is -3.36. The van der Waals surface area contributed by atoms with Gasteiger partial charge in [0.15, 0.2) is 0 Å². The van der Waals surface area contributed by atoms with Crippen LogP contribution in [-0.2, 0) is 11.2 Å². The van der Waals surface area contributed by atoms with Gasteiger partial charge < -0.3 is 11.1 Å². The number of carbonyl (C=O) groups excluding carboxylic acids is 2. The van der Waals surface area contributed by atoms with E-state index in [-0.39, 0.29) is 23.2 Å². The maximum absolute atomic E-state index is 13.2. The molecule has 0 aromatic heterocycles. The van der Waals surface area contributed by atoms with Crippen molar-refractivity contribution in [3.63, 3.8) is 0 Å². The van der Waals surface area contributed by atoms with Gasteiger partial charge in [-0.15, -0.1) is 0 Å². The fourth-order valence-electron chi connectivity index (χ4n) is 2.23. The number of hydrogen-bond acceptors (Lipinski definition) is 4. The minimum atomic E-state index is -1.29. The Morgan fingerprint density at radius 1 is 1.16 bits per heavy atom. The molecule has 0 saturated carbocycles. The van der Waals surface area contributed by atoms with Gasteiger partial charge in [-0.1, -0.05) is 18.2 Å². The highest BCUT2D eigenvalue weighted by Gasteiger charge is 2.24. The number of primary amides is 1. The second kappa shape index (κ2) is 7.47. The number of rotatable bonds is 6. The molecule has 0 saturated heterocycles. The van der Waals surface area contributed by atoms with Crippen LogP contribution in [0.1, 0.15) is 15.9 Å². The molecule has 0 heterocycles. The van der Waals surface area contributed by atoms with Crippen molar-refractivity contribution in [3.05, 3.63) is 75.3 Å². The summed E-state index contributed by atoms with van der Waals surface area (Å²) in [6.45, 7) is 0. The Morgan fingerprint density at radius 3 is 2.32 bits per heavy atom.